The topological polar surface area (TPSA) is 60.0 Å². The van der Waals surface area contributed by atoms with Crippen LogP contribution in [0.4, 0.5) is 14.6 Å². The molecule has 0 fully saturated rings. The molecule has 4 rings (SSSR count). The lowest BCUT2D eigenvalue weighted by atomic mass is 10.1. The lowest BCUT2D eigenvalue weighted by Gasteiger charge is -2.16. The van der Waals surface area contributed by atoms with Crippen LogP contribution in [0.25, 0.3) is 11.3 Å². The molecule has 1 aromatic carbocycles. The van der Waals surface area contributed by atoms with E-state index in [0.29, 0.717) is 17.2 Å². The number of fused-ring (bicyclic) bond motifs is 1. The largest absolute Gasteiger partial charge is 0.363 e. The van der Waals surface area contributed by atoms with Gasteiger partial charge in [0.15, 0.2) is 5.65 Å². The van der Waals surface area contributed by atoms with Gasteiger partial charge in [0.1, 0.15) is 23.1 Å². The van der Waals surface area contributed by atoms with Gasteiger partial charge in [-0.15, -0.1) is 0 Å². The lowest BCUT2D eigenvalue weighted by molar-refractivity contribution is 0.577. The Labute approximate surface area is 155 Å². The summed E-state index contributed by atoms with van der Waals surface area (Å²) in [5, 5.41) is 11.6. The smallest absolute Gasteiger partial charge is 0.183 e. The SMILES string of the molecule is CC(Nc1ccn2ncc(-n3cc(Br)cn3)c2n1)c1cc(F)ccc1F. The van der Waals surface area contributed by atoms with Crippen molar-refractivity contribution in [3.05, 3.63) is 70.7 Å². The number of benzene rings is 1. The standard InChI is InChI=1S/C17H13BrF2N6/c1-10(13-6-12(19)2-3-14(13)20)23-16-4-5-25-17(24-16)15(8-22-25)26-9-11(18)7-21-26/h2-10H,1H3,(H,23,24). The third-order valence-corrected chi connectivity index (χ3v) is 4.35. The summed E-state index contributed by atoms with van der Waals surface area (Å²) in [5.74, 6) is -0.443. The normalized spacial score (nSPS) is 12.5. The summed E-state index contributed by atoms with van der Waals surface area (Å²) in [6.45, 7) is 1.74. The Hall–Kier alpha value is -2.81. The molecule has 0 radical (unpaired) electrons. The van der Waals surface area contributed by atoms with Crippen LogP contribution in [-0.2, 0) is 0 Å². The van der Waals surface area contributed by atoms with Crippen LogP contribution >= 0.6 is 15.9 Å². The summed E-state index contributed by atoms with van der Waals surface area (Å²) < 4.78 is 31.5. The number of nitrogens with zero attached hydrogens (tertiary/aromatic N) is 5. The van der Waals surface area contributed by atoms with Crippen molar-refractivity contribution < 1.29 is 8.78 Å². The van der Waals surface area contributed by atoms with Gasteiger partial charge in [0, 0.05) is 18.0 Å². The molecule has 3 heterocycles. The van der Waals surface area contributed by atoms with Gasteiger partial charge in [-0.05, 0) is 47.1 Å². The van der Waals surface area contributed by atoms with E-state index >= 15 is 0 Å². The van der Waals surface area contributed by atoms with E-state index in [2.05, 4.69) is 36.4 Å². The molecule has 0 spiro atoms. The van der Waals surface area contributed by atoms with Gasteiger partial charge in [-0.2, -0.15) is 10.2 Å². The first kappa shape index (κ1) is 16.6. The minimum atomic E-state index is -0.485. The van der Waals surface area contributed by atoms with Crippen molar-refractivity contribution in [1.82, 2.24) is 24.4 Å². The first-order chi connectivity index (χ1) is 12.5. The Morgan fingerprint density at radius 3 is 2.77 bits per heavy atom. The van der Waals surface area contributed by atoms with Crippen LogP contribution in [-0.4, -0.2) is 24.4 Å². The molecule has 132 valence electrons. The van der Waals surface area contributed by atoms with Gasteiger partial charge in [0.25, 0.3) is 0 Å². The van der Waals surface area contributed by atoms with Gasteiger partial charge in [0.05, 0.1) is 22.9 Å². The Morgan fingerprint density at radius 1 is 1.15 bits per heavy atom. The third-order valence-electron chi connectivity index (χ3n) is 3.94. The molecule has 0 saturated carbocycles. The van der Waals surface area contributed by atoms with Gasteiger partial charge in [-0.1, -0.05) is 0 Å². The van der Waals surface area contributed by atoms with Crippen LogP contribution in [0.3, 0.4) is 0 Å². The zero-order valence-corrected chi connectivity index (χ0v) is 15.2. The van der Waals surface area contributed by atoms with Crippen LogP contribution < -0.4 is 5.32 Å². The van der Waals surface area contributed by atoms with Crippen molar-refractivity contribution in [1.29, 1.82) is 0 Å². The van der Waals surface area contributed by atoms with E-state index in [-0.39, 0.29) is 5.56 Å². The Morgan fingerprint density at radius 2 is 2.00 bits per heavy atom. The second-order valence-electron chi connectivity index (χ2n) is 5.75. The van der Waals surface area contributed by atoms with Crippen LogP contribution in [0.1, 0.15) is 18.5 Å². The van der Waals surface area contributed by atoms with Gasteiger partial charge in [-0.25, -0.2) is 23.0 Å². The average molecular weight is 419 g/mol. The monoisotopic (exact) mass is 418 g/mol. The Kier molecular flexibility index (Phi) is 4.15. The van der Waals surface area contributed by atoms with E-state index in [9.17, 15) is 8.78 Å². The van der Waals surface area contributed by atoms with E-state index in [4.69, 9.17) is 0 Å². The predicted molar refractivity (Wildman–Crippen MR) is 96.2 cm³/mol. The highest BCUT2D eigenvalue weighted by molar-refractivity contribution is 9.10. The molecule has 9 heteroatoms. The quantitative estimate of drug-likeness (QED) is 0.541. The molecule has 1 unspecified atom stereocenters. The first-order valence-corrected chi connectivity index (χ1v) is 8.57. The van der Waals surface area contributed by atoms with Crippen molar-refractivity contribution in [2.75, 3.05) is 5.32 Å². The molecule has 0 aliphatic heterocycles. The van der Waals surface area contributed by atoms with Gasteiger partial charge >= 0.3 is 0 Å². The van der Waals surface area contributed by atoms with Crippen molar-refractivity contribution in [3.8, 4) is 5.69 Å². The van der Waals surface area contributed by atoms with Crippen LogP contribution in [0.15, 0.2) is 53.5 Å². The molecule has 26 heavy (non-hydrogen) atoms. The maximum Gasteiger partial charge on any atom is 0.183 e. The summed E-state index contributed by atoms with van der Waals surface area (Å²) in [6.07, 6.45) is 6.85. The molecule has 1 atom stereocenters. The number of aromatic nitrogens is 5. The summed E-state index contributed by atoms with van der Waals surface area (Å²) >= 11 is 3.36. The highest BCUT2D eigenvalue weighted by Gasteiger charge is 2.14. The fourth-order valence-electron chi connectivity index (χ4n) is 2.68. The molecular weight excluding hydrogens is 406 g/mol. The molecule has 0 aliphatic carbocycles. The number of nitrogens with one attached hydrogen (secondary N) is 1. The molecule has 0 saturated heterocycles. The number of halogens is 3. The minimum Gasteiger partial charge on any atom is -0.363 e. The second kappa shape index (κ2) is 6.49. The Bertz CT molecular complexity index is 1090. The molecule has 0 bridgehead atoms. The number of hydrogen-bond acceptors (Lipinski definition) is 4. The summed E-state index contributed by atoms with van der Waals surface area (Å²) in [6, 6.07) is 4.64. The highest BCUT2D eigenvalue weighted by atomic mass is 79.9. The fourth-order valence-corrected chi connectivity index (χ4v) is 2.96. The van der Waals surface area contributed by atoms with Gasteiger partial charge in [-0.3, -0.25) is 0 Å². The molecule has 1 N–H and O–H groups in total. The zero-order valence-electron chi connectivity index (χ0n) is 13.6. The van der Waals surface area contributed by atoms with Crippen LogP contribution in [0, 0.1) is 11.6 Å². The van der Waals surface area contributed by atoms with Crippen molar-refractivity contribution in [2.24, 2.45) is 0 Å². The molecular formula is C17H13BrF2N6. The van der Waals surface area contributed by atoms with Gasteiger partial charge < -0.3 is 5.32 Å². The number of rotatable bonds is 4. The molecule has 3 aromatic heterocycles. The number of hydrogen-bond donors (Lipinski definition) is 1. The number of anilines is 1. The molecule has 0 aliphatic rings. The molecule has 4 aromatic rings. The van der Waals surface area contributed by atoms with E-state index < -0.39 is 17.7 Å². The minimum absolute atomic E-state index is 0.233. The molecule has 6 nitrogen and oxygen atoms in total. The summed E-state index contributed by atoms with van der Waals surface area (Å²) in [5.41, 5.74) is 1.51. The predicted octanol–water partition coefficient (Wildman–Crippen LogP) is 4.13. The molecule has 0 amide bonds. The van der Waals surface area contributed by atoms with Crippen LogP contribution in [0.5, 0.6) is 0 Å². The highest BCUT2D eigenvalue weighted by Crippen LogP contribution is 2.23. The summed E-state index contributed by atoms with van der Waals surface area (Å²) in [7, 11) is 0. The Balaban J connectivity index is 1.68. The van der Waals surface area contributed by atoms with E-state index in [0.717, 1.165) is 16.6 Å². The van der Waals surface area contributed by atoms with E-state index in [1.165, 1.54) is 6.07 Å². The maximum absolute atomic E-state index is 14.0. The van der Waals surface area contributed by atoms with Crippen LogP contribution in [0.2, 0.25) is 0 Å². The average Bonchev–Trinajstić information content (AvgIpc) is 3.22. The van der Waals surface area contributed by atoms with E-state index in [1.807, 2.05) is 0 Å². The zero-order chi connectivity index (χ0) is 18.3. The van der Waals surface area contributed by atoms with E-state index in [1.54, 1.807) is 47.0 Å². The fraction of sp³-hybridized carbons (Fsp3) is 0.118. The van der Waals surface area contributed by atoms with Crippen molar-refractivity contribution >= 4 is 27.4 Å². The second-order valence-corrected chi connectivity index (χ2v) is 6.66. The first-order valence-electron chi connectivity index (χ1n) is 7.77. The third kappa shape index (κ3) is 3.05. The summed E-state index contributed by atoms with van der Waals surface area (Å²) in [4.78, 5) is 4.54. The lowest BCUT2D eigenvalue weighted by Crippen LogP contribution is -2.11. The maximum atomic E-state index is 14.0. The van der Waals surface area contributed by atoms with Crippen molar-refractivity contribution in [3.63, 3.8) is 0 Å². The van der Waals surface area contributed by atoms with Crippen molar-refractivity contribution in [2.45, 2.75) is 13.0 Å². The van der Waals surface area contributed by atoms with Gasteiger partial charge in [0.2, 0.25) is 0 Å².